The third-order valence-corrected chi connectivity index (χ3v) is 3.50. The van der Waals surface area contributed by atoms with Gasteiger partial charge in [-0.25, -0.2) is 0 Å². The largest absolute Gasteiger partial charge is 0.465 e. The Balaban J connectivity index is 2.77. The summed E-state index contributed by atoms with van der Waals surface area (Å²) >= 11 is 0. The van der Waals surface area contributed by atoms with E-state index in [2.05, 4.69) is 0 Å². The van der Waals surface area contributed by atoms with E-state index in [0.717, 1.165) is 6.42 Å². The first-order chi connectivity index (χ1) is 9.25. The number of rotatable bonds is 4. The van der Waals surface area contributed by atoms with Crippen LogP contribution in [0, 0.1) is 5.92 Å². The van der Waals surface area contributed by atoms with Crippen LogP contribution in [0.2, 0.25) is 0 Å². The van der Waals surface area contributed by atoms with Crippen LogP contribution in [-0.2, 0) is 19.1 Å². The van der Waals surface area contributed by atoms with Crippen LogP contribution >= 0.6 is 0 Å². The Morgan fingerprint density at radius 2 is 2.00 bits per heavy atom. The van der Waals surface area contributed by atoms with Crippen molar-refractivity contribution in [2.24, 2.45) is 5.92 Å². The summed E-state index contributed by atoms with van der Waals surface area (Å²) in [5.74, 6) is -0.385. The average Bonchev–Trinajstić information content (AvgIpc) is 2.34. The van der Waals surface area contributed by atoms with E-state index in [9.17, 15) is 9.59 Å². The number of nitrogens with zero attached hydrogens (tertiary/aromatic N) is 1. The highest BCUT2D eigenvalue weighted by molar-refractivity contribution is 5.84. The van der Waals surface area contributed by atoms with Crippen LogP contribution in [-0.4, -0.2) is 48.2 Å². The minimum absolute atomic E-state index is 0.0158. The lowest BCUT2D eigenvalue weighted by atomic mass is 9.92. The molecule has 0 spiro atoms. The predicted octanol–water partition coefficient (Wildman–Crippen LogP) is 1.99. The molecule has 0 radical (unpaired) electrons. The zero-order valence-corrected chi connectivity index (χ0v) is 13.3. The fourth-order valence-corrected chi connectivity index (χ4v) is 2.42. The maximum absolute atomic E-state index is 12.7. The molecule has 0 unspecified atom stereocenters. The molecule has 116 valence electrons. The average molecular weight is 285 g/mol. The van der Waals surface area contributed by atoms with Gasteiger partial charge in [0.2, 0.25) is 5.91 Å². The Kier molecular flexibility index (Phi) is 5.99. The first-order valence-corrected chi connectivity index (χ1v) is 7.34. The van der Waals surface area contributed by atoms with Crippen molar-refractivity contribution in [2.75, 3.05) is 19.8 Å². The first kappa shape index (κ1) is 17.0. The van der Waals surface area contributed by atoms with Crippen molar-refractivity contribution in [3.63, 3.8) is 0 Å². The molecule has 1 fully saturated rings. The van der Waals surface area contributed by atoms with E-state index < -0.39 is 5.54 Å². The maximum Gasteiger partial charge on any atom is 0.325 e. The smallest absolute Gasteiger partial charge is 0.325 e. The van der Waals surface area contributed by atoms with Crippen LogP contribution < -0.4 is 0 Å². The molecule has 1 rings (SSSR count). The Morgan fingerprint density at radius 3 is 2.50 bits per heavy atom. The third-order valence-electron chi connectivity index (χ3n) is 3.50. The second-order valence-corrected chi connectivity index (χ2v) is 6.30. The summed E-state index contributed by atoms with van der Waals surface area (Å²) < 4.78 is 10.4. The molecular weight excluding hydrogens is 258 g/mol. The van der Waals surface area contributed by atoms with Crippen LogP contribution in [0.1, 0.15) is 47.5 Å². The van der Waals surface area contributed by atoms with Crippen molar-refractivity contribution < 1.29 is 19.1 Å². The summed E-state index contributed by atoms with van der Waals surface area (Å²) in [7, 11) is 0. The molecule has 0 aromatic heterocycles. The first-order valence-electron chi connectivity index (χ1n) is 7.34. The van der Waals surface area contributed by atoms with E-state index in [1.54, 1.807) is 11.8 Å². The maximum atomic E-state index is 12.7. The zero-order valence-electron chi connectivity index (χ0n) is 13.3. The quantitative estimate of drug-likeness (QED) is 0.741. The second kappa shape index (κ2) is 7.07. The summed E-state index contributed by atoms with van der Waals surface area (Å²) in [5, 5.41) is 0. The molecule has 2 atom stereocenters. The van der Waals surface area contributed by atoms with Gasteiger partial charge in [-0.15, -0.1) is 0 Å². The van der Waals surface area contributed by atoms with E-state index in [1.165, 1.54) is 0 Å². The lowest BCUT2D eigenvalue weighted by Gasteiger charge is -2.39. The van der Waals surface area contributed by atoms with Gasteiger partial charge in [-0.3, -0.25) is 9.59 Å². The van der Waals surface area contributed by atoms with Gasteiger partial charge in [-0.1, -0.05) is 0 Å². The molecule has 0 aliphatic carbocycles. The monoisotopic (exact) mass is 285 g/mol. The Bertz CT molecular complexity index is 348. The highest BCUT2D eigenvalue weighted by atomic mass is 16.5. The molecule has 0 aromatic carbocycles. The number of ether oxygens (including phenoxy) is 2. The minimum Gasteiger partial charge on any atom is -0.465 e. The van der Waals surface area contributed by atoms with Crippen LogP contribution in [0.15, 0.2) is 0 Å². The summed E-state index contributed by atoms with van der Waals surface area (Å²) in [6.07, 6.45) is 1.54. The summed E-state index contributed by atoms with van der Waals surface area (Å²) in [6.45, 7) is 10.5. The molecule has 5 nitrogen and oxygen atoms in total. The van der Waals surface area contributed by atoms with Gasteiger partial charge in [-0.05, 0) is 47.5 Å². The topological polar surface area (TPSA) is 55.8 Å². The summed E-state index contributed by atoms with van der Waals surface area (Å²) in [4.78, 5) is 26.0. The van der Waals surface area contributed by atoms with Gasteiger partial charge in [0.15, 0.2) is 0 Å². The molecule has 0 aromatic rings. The van der Waals surface area contributed by atoms with Gasteiger partial charge in [0, 0.05) is 18.1 Å². The van der Waals surface area contributed by atoms with Gasteiger partial charge in [0.1, 0.15) is 6.54 Å². The standard InChI is InChI=1S/C15H27NO4/c1-6-19-13(17)10-16(15(3,4)5)14(18)12-7-8-20-11(2)9-12/h11-12H,6-10H2,1-5H3/t11-,12-/m0/s1. The lowest BCUT2D eigenvalue weighted by Crippen LogP contribution is -2.51. The predicted molar refractivity (Wildman–Crippen MR) is 76.2 cm³/mol. The molecule has 1 aliphatic rings. The van der Waals surface area contributed by atoms with Gasteiger partial charge in [0.05, 0.1) is 12.7 Å². The van der Waals surface area contributed by atoms with E-state index >= 15 is 0 Å². The Hall–Kier alpha value is -1.10. The van der Waals surface area contributed by atoms with Crippen molar-refractivity contribution >= 4 is 11.9 Å². The van der Waals surface area contributed by atoms with Crippen LogP contribution in [0.3, 0.4) is 0 Å². The van der Waals surface area contributed by atoms with E-state index in [4.69, 9.17) is 9.47 Å². The van der Waals surface area contributed by atoms with Crippen molar-refractivity contribution in [3.05, 3.63) is 0 Å². The summed E-state index contributed by atoms with van der Waals surface area (Å²) in [5.41, 5.74) is -0.397. The molecular formula is C15H27NO4. The van der Waals surface area contributed by atoms with Gasteiger partial charge < -0.3 is 14.4 Å². The molecule has 0 N–H and O–H groups in total. The van der Waals surface area contributed by atoms with Gasteiger partial charge in [-0.2, -0.15) is 0 Å². The van der Waals surface area contributed by atoms with Crippen LogP contribution in [0.4, 0.5) is 0 Å². The Morgan fingerprint density at radius 1 is 1.35 bits per heavy atom. The van der Waals surface area contributed by atoms with E-state index in [-0.39, 0.29) is 30.4 Å². The normalized spacial score (nSPS) is 23.2. The highest BCUT2D eigenvalue weighted by Crippen LogP contribution is 2.25. The van der Waals surface area contributed by atoms with Crippen molar-refractivity contribution in [1.82, 2.24) is 4.90 Å². The fourth-order valence-electron chi connectivity index (χ4n) is 2.42. The van der Waals surface area contributed by atoms with Gasteiger partial charge in [0.25, 0.3) is 0 Å². The molecule has 1 heterocycles. The van der Waals surface area contributed by atoms with E-state index in [1.807, 2.05) is 27.7 Å². The van der Waals surface area contributed by atoms with Crippen LogP contribution in [0.5, 0.6) is 0 Å². The zero-order chi connectivity index (χ0) is 15.3. The number of hydrogen-bond donors (Lipinski definition) is 0. The number of hydrogen-bond acceptors (Lipinski definition) is 4. The molecule has 0 saturated carbocycles. The Labute approximate surface area is 121 Å². The third kappa shape index (κ3) is 4.78. The van der Waals surface area contributed by atoms with Crippen LogP contribution in [0.25, 0.3) is 0 Å². The molecule has 5 heteroatoms. The highest BCUT2D eigenvalue weighted by Gasteiger charge is 2.35. The molecule has 1 amide bonds. The lowest BCUT2D eigenvalue weighted by molar-refractivity contribution is -0.156. The molecule has 1 aliphatic heterocycles. The van der Waals surface area contributed by atoms with Crippen molar-refractivity contribution in [2.45, 2.75) is 59.1 Å². The minimum atomic E-state index is -0.397. The van der Waals surface area contributed by atoms with Gasteiger partial charge >= 0.3 is 5.97 Å². The second-order valence-electron chi connectivity index (χ2n) is 6.30. The number of esters is 1. The number of amides is 1. The number of carbonyl (C=O) groups is 2. The van der Waals surface area contributed by atoms with E-state index in [0.29, 0.717) is 19.6 Å². The fraction of sp³-hybridized carbons (Fsp3) is 0.867. The molecule has 1 saturated heterocycles. The summed E-state index contributed by atoms with van der Waals surface area (Å²) in [6, 6.07) is 0. The molecule has 0 bridgehead atoms. The SMILES string of the molecule is CCOC(=O)CN(C(=O)[C@H]1CCO[C@@H](C)C1)C(C)(C)C. The van der Waals surface area contributed by atoms with Crippen molar-refractivity contribution in [1.29, 1.82) is 0 Å². The number of carbonyl (C=O) groups excluding carboxylic acids is 2. The van der Waals surface area contributed by atoms with Crippen molar-refractivity contribution in [3.8, 4) is 0 Å². The molecule has 20 heavy (non-hydrogen) atoms.